The molecular weight excluding hydrogens is 489 g/mol. The van der Waals surface area contributed by atoms with Crippen molar-refractivity contribution in [2.24, 2.45) is 10.9 Å². The molecule has 0 amide bonds. The monoisotopic (exact) mass is 516 g/mol. The standard InChI is InChI=1S/C25H23F3N6OS.2H2/c1-14-8-17(11-29-14)30-21-10-22(34-12-24(35,13-34)16-3-4-16)33-23(32-21)36-18-5-6-19-15(9-18)2-7-20(31-19)25(26,27)28;;/h2,5-10,16,29,35H,3-4,11-13H2,1H3;2*1H. The summed E-state index contributed by atoms with van der Waals surface area (Å²) in [6, 6.07) is 9.29. The highest BCUT2D eigenvalue weighted by molar-refractivity contribution is 7.99. The van der Waals surface area contributed by atoms with Crippen LogP contribution in [0.2, 0.25) is 0 Å². The fourth-order valence-corrected chi connectivity index (χ4v) is 5.36. The Morgan fingerprint density at radius 2 is 1.94 bits per heavy atom. The molecule has 36 heavy (non-hydrogen) atoms. The fraction of sp³-hybridized carbons (Fsp3) is 0.360. The van der Waals surface area contributed by atoms with Crippen LogP contribution in [0.1, 0.15) is 28.3 Å². The molecule has 3 aliphatic rings. The average Bonchev–Trinajstić information content (AvgIpc) is 3.58. The summed E-state index contributed by atoms with van der Waals surface area (Å²) in [6.07, 6.45) is -0.392. The smallest absolute Gasteiger partial charge is 0.386 e. The van der Waals surface area contributed by atoms with Gasteiger partial charge in [-0.2, -0.15) is 13.2 Å². The fourth-order valence-electron chi connectivity index (χ4n) is 4.55. The molecule has 1 aromatic carbocycles. The summed E-state index contributed by atoms with van der Waals surface area (Å²) >= 11 is 1.31. The third-order valence-electron chi connectivity index (χ3n) is 6.62. The summed E-state index contributed by atoms with van der Waals surface area (Å²) in [5, 5.41) is 15.1. The summed E-state index contributed by atoms with van der Waals surface area (Å²) in [5.74, 6) is 1.58. The van der Waals surface area contributed by atoms with Gasteiger partial charge < -0.3 is 15.3 Å². The molecule has 1 saturated carbocycles. The molecule has 7 nitrogen and oxygen atoms in total. The molecule has 1 aliphatic carbocycles. The first-order chi connectivity index (χ1) is 17.1. The third-order valence-corrected chi connectivity index (χ3v) is 7.47. The Morgan fingerprint density at radius 3 is 2.64 bits per heavy atom. The number of alkyl halides is 3. The number of benzene rings is 1. The number of rotatable bonds is 5. The van der Waals surface area contributed by atoms with Crippen LogP contribution in [-0.4, -0.2) is 51.0 Å². The molecular formula is C25H27F3N6OS. The van der Waals surface area contributed by atoms with Crippen molar-refractivity contribution in [3.8, 4) is 0 Å². The first-order valence-corrected chi connectivity index (χ1v) is 12.5. The van der Waals surface area contributed by atoms with Crippen LogP contribution in [0.25, 0.3) is 10.9 Å². The number of halogens is 3. The third kappa shape index (κ3) is 4.64. The number of aliphatic imine (C=N–C) groups is 1. The number of hydrogen-bond acceptors (Lipinski definition) is 8. The van der Waals surface area contributed by atoms with Gasteiger partial charge in [0.25, 0.3) is 0 Å². The number of aliphatic hydroxyl groups is 1. The lowest BCUT2D eigenvalue weighted by molar-refractivity contribution is -0.140. The van der Waals surface area contributed by atoms with Crippen LogP contribution in [0.15, 0.2) is 63.2 Å². The number of fused-ring (bicyclic) bond motifs is 1. The molecule has 0 spiro atoms. The largest absolute Gasteiger partial charge is 0.433 e. The van der Waals surface area contributed by atoms with E-state index in [1.54, 1.807) is 18.2 Å². The Labute approximate surface area is 212 Å². The second kappa shape index (κ2) is 8.45. The average molecular weight is 517 g/mol. The van der Waals surface area contributed by atoms with E-state index < -0.39 is 17.5 Å². The number of hydrogen-bond donors (Lipinski definition) is 2. The molecule has 6 rings (SSSR count). The van der Waals surface area contributed by atoms with E-state index in [1.807, 2.05) is 24.0 Å². The van der Waals surface area contributed by atoms with E-state index >= 15 is 0 Å². The second-order valence-corrected chi connectivity index (χ2v) is 10.6. The maximum atomic E-state index is 13.0. The summed E-state index contributed by atoms with van der Waals surface area (Å²) in [6.45, 7) is 3.65. The van der Waals surface area contributed by atoms with Crippen LogP contribution in [0.4, 0.5) is 24.8 Å². The molecule has 0 atom stereocenters. The zero-order valence-corrected chi connectivity index (χ0v) is 20.2. The number of nitrogens with zero attached hydrogens (tertiary/aromatic N) is 5. The molecule has 2 aromatic heterocycles. The number of nitrogens with one attached hydrogen (secondary N) is 1. The Bertz CT molecular complexity index is 1420. The van der Waals surface area contributed by atoms with Gasteiger partial charge in [-0.15, -0.1) is 0 Å². The Balaban J connectivity index is 0.00000168. The highest BCUT2D eigenvalue weighted by atomic mass is 32.2. The molecule has 2 aliphatic heterocycles. The normalized spacial score (nSPS) is 20.4. The molecule has 1 saturated heterocycles. The number of anilines is 1. The molecule has 2 fully saturated rings. The highest BCUT2D eigenvalue weighted by Gasteiger charge is 2.52. The molecule has 190 valence electrons. The van der Waals surface area contributed by atoms with Gasteiger partial charge in [0.1, 0.15) is 17.1 Å². The van der Waals surface area contributed by atoms with Crippen molar-refractivity contribution in [1.82, 2.24) is 20.3 Å². The lowest BCUT2D eigenvalue weighted by Gasteiger charge is -2.47. The second-order valence-electron chi connectivity index (χ2n) is 9.54. The van der Waals surface area contributed by atoms with Gasteiger partial charge in [-0.05, 0) is 67.8 Å². The molecule has 0 unspecified atom stereocenters. The zero-order chi connectivity index (χ0) is 25.1. The van der Waals surface area contributed by atoms with E-state index in [0.717, 1.165) is 35.2 Å². The highest BCUT2D eigenvalue weighted by Crippen LogP contribution is 2.46. The minimum absolute atomic E-state index is 0. The summed E-state index contributed by atoms with van der Waals surface area (Å²) in [4.78, 5) is 20.6. The van der Waals surface area contributed by atoms with Crippen LogP contribution >= 0.6 is 11.8 Å². The van der Waals surface area contributed by atoms with E-state index in [-0.39, 0.29) is 8.37 Å². The van der Waals surface area contributed by atoms with Crippen molar-refractivity contribution < 1.29 is 21.1 Å². The summed E-state index contributed by atoms with van der Waals surface area (Å²) in [7, 11) is 0. The van der Waals surface area contributed by atoms with E-state index in [9.17, 15) is 18.3 Å². The predicted molar refractivity (Wildman–Crippen MR) is 136 cm³/mol. The van der Waals surface area contributed by atoms with E-state index in [2.05, 4.69) is 20.3 Å². The predicted octanol–water partition coefficient (Wildman–Crippen LogP) is 5.23. The lowest BCUT2D eigenvalue weighted by Crippen LogP contribution is -2.63. The van der Waals surface area contributed by atoms with Gasteiger partial charge in [0.15, 0.2) is 11.0 Å². The van der Waals surface area contributed by atoms with E-state index in [1.165, 1.54) is 17.8 Å². The van der Waals surface area contributed by atoms with Crippen LogP contribution in [0.5, 0.6) is 0 Å². The van der Waals surface area contributed by atoms with Crippen molar-refractivity contribution in [2.75, 3.05) is 24.5 Å². The van der Waals surface area contributed by atoms with E-state index in [4.69, 9.17) is 4.98 Å². The summed E-state index contributed by atoms with van der Waals surface area (Å²) < 4.78 is 39.0. The molecule has 2 N–H and O–H groups in total. The van der Waals surface area contributed by atoms with Crippen molar-refractivity contribution >= 4 is 40.0 Å². The van der Waals surface area contributed by atoms with Gasteiger partial charge in [0.2, 0.25) is 0 Å². The van der Waals surface area contributed by atoms with Gasteiger partial charge >= 0.3 is 6.18 Å². The minimum Gasteiger partial charge on any atom is -0.386 e. The SMILES string of the molecule is CC1=CC(=Nc2cc(N3CC(O)(C4CC4)C3)nc(Sc3ccc4nc(C(F)(F)F)ccc4c3)n2)CN1.[HH].[HH]. The molecule has 0 radical (unpaired) electrons. The maximum Gasteiger partial charge on any atom is 0.433 e. The Kier molecular flexibility index (Phi) is 5.45. The Morgan fingerprint density at radius 1 is 1.14 bits per heavy atom. The van der Waals surface area contributed by atoms with Gasteiger partial charge in [-0.25, -0.2) is 19.9 Å². The number of aromatic nitrogens is 3. The topological polar surface area (TPSA) is 86.5 Å². The summed E-state index contributed by atoms with van der Waals surface area (Å²) in [5.41, 5.74) is 0.602. The number of β-amino-alcohol motifs (C(OH)–C–C–N with tert-alkyl or cyclic N) is 1. The Hall–Kier alpha value is -3.18. The van der Waals surface area contributed by atoms with Crippen molar-refractivity contribution in [1.29, 1.82) is 0 Å². The minimum atomic E-state index is -4.49. The van der Waals surface area contributed by atoms with Crippen LogP contribution < -0.4 is 10.2 Å². The zero-order valence-electron chi connectivity index (χ0n) is 19.4. The van der Waals surface area contributed by atoms with Gasteiger partial charge in [-0.3, -0.25) is 0 Å². The molecule has 4 heterocycles. The van der Waals surface area contributed by atoms with Crippen LogP contribution in [0.3, 0.4) is 0 Å². The maximum absolute atomic E-state index is 13.0. The van der Waals surface area contributed by atoms with Gasteiger partial charge in [-0.1, -0.05) is 6.07 Å². The van der Waals surface area contributed by atoms with Crippen molar-refractivity contribution in [3.63, 3.8) is 0 Å². The molecule has 3 aromatic rings. The van der Waals surface area contributed by atoms with Gasteiger partial charge in [0, 0.05) is 24.9 Å². The van der Waals surface area contributed by atoms with Gasteiger partial charge in [0.05, 0.1) is 30.9 Å². The first kappa shape index (κ1) is 23.2. The molecule has 11 heteroatoms. The first-order valence-electron chi connectivity index (χ1n) is 11.7. The van der Waals surface area contributed by atoms with Crippen molar-refractivity contribution in [2.45, 2.75) is 41.6 Å². The van der Waals surface area contributed by atoms with E-state index in [0.29, 0.717) is 47.7 Å². The molecule has 0 bridgehead atoms. The van der Waals surface area contributed by atoms with Crippen LogP contribution in [-0.2, 0) is 6.18 Å². The number of pyridine rings is 1. The van der Waals surface area contributed by atoms with Crippen molar-refractivity contribution in [3.05, 3.63) is 53.9 Å². The quantitative estimate of drug-likeness (QED) is 0.449. The number of allylic oxidation sites excluding steroid dienone is 1. The van der Waals surface area contributed by atoms with Crippen LogP contribution in [0, 0.1) is 5.92 Å². The lowest BCUT2D eigenvalue weighted by atomic mass is 9.89.